The van der Waals surface area contributed by atoms with Gasteiger partial charge in [0, 0.05) is 32.7 Å². The van der Waals surface area contributed by atoms with Gasteiger partial charge in [0.15, 0.2) is 0 Å². The first-order valence-electron chi connectivity index (χ1n) is 6.65. The van der Waals surface area contributed by atoms with E-state index in [1.54, 1.807) is 0 Å². The molecular weight excluding hydrogens is 300 g/mol. The molecule has 0 amide bonds. The lowest BCUT2D eigenvalue weighted by molar-refractivity contribution is 0.0699. The van der Waals surface area contributed by atoms with Crippen LogP contribution < -0.4 is 21.7 Å². The summed E-state index contributed by atoms with van der Waals surface area (Å²) >= 11 is 0. The molecule has 1 N–H and O–H groups in total. The molecule has 2 aromatic rings. The largest absolute Gasteiger partial charge is 0.478 e. The number of benzene rings is 4. The molecule has 0 heterocycles. The molecule has 23 heavy (non-hydrogen) atoms. The van der Waals surface area contributed by atoms with E-state index in [-0.39, 0.29) is 38.2 Å². The predicted molar refractivity (Wildman–Crippen MR) is 83.7 cm³/mol. The van der Waals surface area contributed by atoms with E-state index in [4.69, 9.17) is 0 Å². The second-order valence-electron chi connectivity index (χ2n) is 5.26. The van der Waals surface area contributed by atoms with E-state index >= 15 is 0 Å². The van der Waals surface area contributed by atoms with Crippen LogP contribution in [0.3, 0.4) is 0 Å². The molecule has 0 unspecified atom stereocenters. The Kier molecular flexibility index (Phi) is 2.35. The summed E-state index contributed by atoms with van der Waals surface area (Å²) < 4.78 is 0. The minimum absolute atomic E-state index is 0.0182. The summed E-state index contributed by atoms with van der Waals surface area (Å²) in [5, 5.41) is 8.95. The Balaban J connectivity index is 2.58. The normalized spacial score (nSPS) is 11.7. The van der Waals surface area contributed by atoms with Crippen molar-refractivity contribution >= 4 is 27.5 Å². The number of hydrogen-bond donors (Lipinski definition) is 1. The van der Waals surface area contributed by atoms with Gasteiger partial charge in [0.25, 0.3) is 0 Å². The summed E-state index contributed by atoms with van der Waals surface area (Å²) in [7, 11) is 0. The molecule has 0 atom stereocenters. The number of carboxylic acid groups (broad SMARTS) is 1. The molecule has 2 aliphatic rings. The van der Waals surface area contributed by atoms with Crippen LogP contribution in [-0.4, -0.2) is 11.1 Å². The lowest BCUT2D eigenvalue weighted by Gasteiger charge is -2.15. The molecule has 0 aliphatic heterocycles. The van der Waals surface area contributed by atoms with E-state index in [0.29, 0.717) is 0 Å². The summed E-state index contributed by atoms with van der Waals surface area (Å²) in [6.07, 6.45) is 0. The fourth-order valence-electron chi connectivity index (χ4n) is 3.15. The highest BCUT2D eigenvalue weighted by molar-refractivity contribution is 6.15. The number of aromatic carboxylic acids is 1. The number of rotatable bonds is 1. The summed E-state index contributed by atoms with van der Waals surface area (Å²) in [4.78, 5) is 60.5. The molecule has 110 valence electrons. The average molecular weight is 306 g/mol. The third kappa shape index (κ3) is 1.44. The lowest BCUT2D eigenvalue weighted by atomic mass is 9.85. The first kappa shape index (κ1) is 13.3. The molecule has 2 aromatic carbocycles. The summed E-state index contributed by atoms with van der Waals surface area (Å²) in [6.45, 7) is 0. The van der Waals surface area contributed by atoms with Crippen LogP contribution >= 0.6 is 0 Å². The van der Waals surface area contributed by atoms with Crippen LogP contribution in [0.4, 0.5) is 0 Å². The van der Waals surface area contributed by atoms with Crippen LogP contribution in [0.1, 0.15) is 10.4 Å². The van der Waals surface area contributed by atoms with Crippen molar-refractivity contribution < 1.29 is 9.90 Å². The zero-order chi connectivity index (χ0) is 16.5. The van der Waals surface area contributed by atoms with Gasteiger partial charge < -0.3 is 5.11 Å². The van der Waals surface area contributed by atoms with Gasteiger partial charge in [-0.05, 0) is 12.1 Å². The quantitative estimate of drug-likeness (QED) is 0.406. The minimum Gasteiger partial charge on any atom is -0.478 e. The molecule has 0 saturated carbocycles. The van der Waals surface area contributed by atoms with Crippen molar-refractivity contribution in [3.63, 3.8) is 0 Å². The van der Waals surface area contributed by atoms with Crippen LogP contribution in [0, 0.1) is 0 Å². The summed E-state index contributed by atoms with van der Waals surface area (Å²) in [5.41, 5.74) is -3.55. The van der Waals surface area contributed by atoms with Crippen molar-refractivity contribution in [2.75, 3.05) is 0 Å². The van der Waals surface area contributed by atoms with Gasteiger partial charge in [-0.2, -0.15) is 0 Å². The maximum atomic E-state index is 12.4. The van der Waals surface area contributed by atoms with Crippen molar-refractivity contribution in [2.45, 2.75) is 0 Å². The van der Waals surface area contributed by atoms with Crippen molar-refractivity contribution in [3.8, 4) is 11.1 Å². The fraction of sp³-hybridized carbons (Fsp3) is 0. The van der Waals surface area contributed by atoms with Gasteiger partial charge >= 0.3 is 5.97 Å². The topological polar surface area (TPSA) is 106 Å². The molecule has 4 rings (SSSR count). The van der Waals surface area contributed by atoms with E-state index in [1.165, 1.54) is 24.3 Å². The Morgan fingerprint density at radius 2 is 1.22 bits per heavy atom. The van der Waals surface area contributed by atoms with E-state index < -0.39 is 27.7 Å². The van der Waals surface area contributed by atoms with Crippen LogP contribution in [0.15, 0.2) is 49.5 Å². The Labute approximate surface area is 126 Å². The SMILES string of the molecule is O=C(O)c1ccc2c3c1c(=O)c(=O)c1cccc(c1-3)c(=O)c2=O. The Bertz CT molecular complexity index is 1310. The monoisotopic (exact) mass is 306 g/mol. The Morgan fingerprint density at radius 3 is 1.78 bits per heavy atom. The van der Waals surface area contributed by atoms with Gasteiger partial charge in [-0.25, -0.2) is 4.79 Å². The second-order valence-corrected chi connectivity index (χ2v) is 5.26. The zero-order valence-electron chi connectivity index (χ0n) is 11.4. The lowest BCUT2D eigenvalue weighted by Crippen LogP contribution is -2.32. The molecule has 6 heteroatoms. The third-order valence-electron chi connectivity index (χ3n) is 4.12. The molecule has 0 radical (unpaired) electrons. The number of hydrogen-bond acceptors (Lipinski definition) is 5. The molecule has 0 aromatic heterocycles. The minimum atomic E-state index is -1.38. The summed E-state index contributed by atoms with van der Waals surface area (Å²) in [6, 6.07) is 6.49. The van der Waals surface area contributed by atoms with Crippen LogP contribution in [-0.2, 0) is 0 Å². The van der Waals surface area contributed by atoms with Crippen LogP contribution in [0.5, 0.6) is 0 Å². The zero-order valence-corrected chi connectivity index (χ0v) is 11.4. The Morgan fingerprint density at radius 1 is 0.696 bits per heavy atom. The first-order chi connectivity index (χ1) is 10.9. The van der Waals surface area contributed by atoms with Gasteiger partial charge in [-0.15, -0.1) is 0 Å². The van der Waals surface area contributed by atoms with Gasteiger partial charge in [0.05, 0.1) is 5.56 Å². The van der Waals surface area contributed by atoms with Gasteiger partial charge in [0.1, 0.15) is 0 Å². The fourth-order valence-corrected chi connectivity index (χ4v) is 3.15. The number of carboxylic acids is 1. The second kappa shape index (κ2) is 4.07. The molecule has 0 bridgehead atoms. The predicted octanol–water partition coefficient (Wildman–Crippen LogP) is 0.550. The molecule has 0 fully saturated rings. The Hall–Kier alpha value is -3.41. The maximum absolute atomic E-state index is 12.4. The van der Waals surface area contributed by atoms with E-state index in [2.05, 4.69) is 0 Å². The average Bonchev–Trinajstić information content (AvgIpc) is 2.55. The highest BCUT2D eigenvalue weighted by atomic mass is 16.4. The third-order valence-corrected chi connectivity index (χ3v) is 4.12. The van der Waals surface area contributed by atoms with E-state index in [1.807, 2.05) is 0 Å². The van der Waals surface area contributed by atoms with Crippen LogP contribution in [0.25, 0.3) is 32.7 Å². The summed E-state index contributed by atoms with van der Waals surface area (Å²) in [5.74, 6) is -1.38. The molecule has 6 nitrogen and oxygen atoms in total. The molecule has 0 saturated heterocycles. The van der Waals surface area contributed by atoms with E-state index in [0.717, 1.165) is 6.07 Å². The molecule has 2 aliphatic carbocycles. The van der Waals surface area contributed by atoms with Crippen molar-refractivity contribution in [1.29, 1.82) is 0 Å². The maximum Gasteiger partial charge on any atom is 0.336 e. The molecule has 0 spiro atoms. The van der Waals surface area contributed by atoms with Gasteiger partial charge in [-0.3, -0.25) is 19.2 Å². The molecular formula is C17H6O6. The first-order valence-corrected chi connectivity index (χ1v) is 6.65. The highest BCUT2D eigenvalue weighted by Crippen LogP contribution is 2.35. The van der Waals surface area contributed by atoms with Crippen LogP contribution in [0.2, 0.25) is 0 Å². The van der Waals surface area contributed by atoms with Crippen molar-refractivity contribution in [1.82, 2.24) is 0 Å². The number of carbonyl (C=O) groups is 1. The van der Waals surface area contributed by atoms with E-state index in [9.17, 15) is 29.1 Å². The van der Waals surface area contributed by atoms with Crippen molar-refractivity contribution in [3.05, 3.63) is 76.8 Å². The van der Waals surface area contributed by atoms with Crippen molar-refractivity contribution in [2.24, 2.45) is 0 Å². The van der Waals surface area contributed by atoms with Gasteiger partial charge in [-0.1, -0.05) is 18.2 Å². The highest BCUT2D eigenvalue weighted by Gasteiger charge is 2.27. The standard InChI is InChI=1S/C17H6O6/c18-13-6-2-1-3-7-10(6)11-8(14(13)19)4-5-9(17(22)23)12(11)16(21)15(7)20/h1-5H,(H,22,23). The van der Waals surface area contributed by atoms with Gasteiger partial charge in [0.2, 0.25) is 21.7 Å². The smallest absolute Gasteiger partial charge is 0.336 e.